The summed E-state index contributed by atoms with van der Waals surface area (Å²) < 4.78 is 13.1. The molecule has 0 saturated heterocycles. The highest BCUT2D eigenvalue weighted by molar-refractivity contribution is 9.10. The van der Waals surface area contributed by atoms with E-state index in [4.69, 9.17) is 9.47 Å². The Balaban J connectivity index is 1.88. The van der Waals surface area contributed by atoms with Crippen molar-refractivity contribution in [1.82, 2.24) is 25.5 Å². The van der Waals surface area contributed by atoms with Crippen molar-refractivity contribution in [2.75, 3.05) is 14.2 Å². The van der Waals surface area contributed by atoms with Crippen LogP contribution >= 0.6 is 15.9 Å². The minimum atomic E-state index is -0.457. The standard InChI is InChI=1S/C18H18BrN5O3/c1-11(17-21-22-23-24(17)13-7-4-6-12(19)10-13)20-18(25)16-14(26-2)8-5-9-15(16)27-3/h4-11H,1-3H3,(H,20,25). The molecule has 0 radical (unpaired) electrons. The van der Waals surface area contributed by atoms with E-state index in [0.29, 0.717) is 22.9 Å². The maximum atomic E-state index is 12.9. The van der Waals surface area contributed by atoms with Gasteiger partial charge in [0.2, 0.25) is 0 Å². The van der Waals surface area contributed by atoms with Crippen LogP contribution in [0.5, 0.6) is 11.5 Å². The van der Waals surface area contributed by atoms with Gasteiger partial charge in [-0.1, -0.05) is 28.1 Å². The maximum Gasteiger partial charge on any atom is 0.259 e. The second kappa shape index (κ2) is 8.17. The molecule has 140 valence electrons. The number of benzene rings is 2. The van der Waals surface area contributed by atoms with E-state index in [-0.39, 0.29) is 5.91 Å². The third-order valence-corrected chi connectivity index (χ3v) is 4.43. The average molecular weight is 432 g/mol. The number of hydrogen-bond acceptors (Lipinski definition) is 6. The first-order chi connectivity index (χ1) is 13.0. The third kappa shape index (κ3) is 3.92. The molecule has 1 unspecified atom stereocenters. The average Bonchev–Trinajstić information content (AvgIpc) is 3.17. The van der Waals surface area contributed by atoms with E-state index in [1.807, 2.05) is 24.3 Å². The van der Waals surface area contributed by atoms with Gasteiger partial charge in [0.25, 0.3) is 5.91 Å². The predicted molar refractivity (Wildman–Crippen MR) is 102 cm³/mol. The van der Waals surface area contributed by atoms with Crippen molar-refractivity contribution in [3.8, 4) is 17.2 Å². The van der Waals surface area contributed by atoms with Gasteiger partial charge in [0, 0.05) is 4.47 Å². The fourth-order valence-corrected chi connectivity index (χ4v) is 3.05. The van der Waals surface area contributed by atoms with Crippen molar-refractivity contribution < 1.29 is 14.3 Å². The van der Waals surface area contributed by atoms with Gasteiger partial charge in [0.1, 0.15) is 17.1 Å². The quantitative estimate of drug-likeness (QED) is 0.644. The SMILES string of the molecule is COc1cccc(OC)c1C(=O)NC(C)c1nnnn1-c1cccc(Br)c1. The van der Waals surface area contributed by atoms with Gasteiger partial charge in [0.15, 0.2) is 5.82 Å². The smallest absolute Gasteiger partial charge is 0.259 e. The molecule has 1 N–H and O–H groups in total. The fourth-order valence-electron chi connectivity index (χ4n) is 2.66. The van der Waals surface area contributed by atoms with Gasteiger partial charge in [-0.05, 0) is 47.7 Å². The van der Waals surface area contributed by atoms with Gasteiger partial charge in [0.05, 0.1) is 25.9 Å². The Morgan fingerprint density at radius 3 is 2.44 bits per heavy atom. The van der Waals surface area contributed by atoms with Crippen LogP contribution < -0.4 is 14.8 Å². The van der Waals surface area contributed by atoms with Crippen LogP contribution in [0.3, 0.4) is 0 Å². The lowest BCUT2D eigenvalue weighted by Crippen LogP contribution is -2.29. The molecular formula is C18H18BrN5O3. The monoisotopic (exact) mass is 431 g/mol. The zero-order valence-electron chi connectivity index (χ0n) is 15.0. The van der Waals surface area contributed by atoms with Gasteiger partial charge in [-0.2, -0.15) is 4.68 Å². The molecule has 2 aromatic carbocycles. The van der Waals surface area contributed by atoms with Crippen LogP contribution in [-0.2, 0) is 0 Å². The zero-order chi connectivity index (χ0) is 19.4. The molecule has 1 atom stereocenters. The number of methoxy groups -OCH3 is 2. The van der Waals surface area contributed by atoms with E-state index in [9.17, 15) is 4.79 Å². The molecule has 27 heavy (non-hydrogen) atoms. The summed E-state index contributed by atoms with van der Waals surface area (Å²) in [6.07, 6.45) is 0. The molecule has 0 spiro atoms. The summed E-state index contributed by atoms with van der Waals surface area (Å²) in [6, 6.07) is 12.3. The summed E-state index contributed by atoms with van der Waals surface area (Å²) in [5.74, 6) is 0.993. The molecule has 1 amide bonds. The van der Waals surface area contributed by atoms with Crippen molar-refractivity contribution in [1.29, 1.82) is 0 Å². The van der Waals surface area contributed by atoms with Crippen LogP contribution in [0.25, 0.3) is 5.69 Å². The summed E-state index contributed by atoms with van der Waals surface area (Å²) >= 11 is 3.43. The number of nitrogens with zero attached hydrogens (tertiary/aromatic N) is 4. The summed E-state index contributed by atoms with van der Waals surface area (Å²) in [6.45, 7) is 1.81. The number of amides is 1. The van der Waals surface area contributed by atoms with E-state index < -0.39 is 6.04 Å². The highest BCUT2D eigenvalue weighted by Crippen LogP contribution is 2.28. The molecule has 3 aromatic rings. The Kier molecular flexibility index (Phi) is 5.70. The van der Waals surface area contributed by atoms with E-state index in [1.54, 1.807) is 29.8 Å². The Morgan fingerprint density at radius 1 is 1.15 bits per heavy atom. The molecule has 0 bridgehead atoms. The van der Waals surface area contributed by atoms with Gasteiger partial charge in [-0.3, -0.25) is 4.79 Å². The second-order valence-corrected chi connectivity index (χ2v) is 6.58. The highest BCUT2D eigenvalue weighted by Gasteiger charge is 2.23. The molecule has 8 nitrogen and oxygen atoms in total. The van der Waals surface area contributed by atoms with Gasteiger partial charge in [-0.25, -0.2) is 0 Å². The number of halogens is 1. The molecule has 0 aliphatic heterocycles. The molecule has 1 aromatic heterocycles. The van der Waals surface area contributed by atoms with Gasteiger partial charge < -0.3 is 14.8 Å². The first-order valence-corrected chi connectivity index (χ1v) is 8.90. The molecular weight excluding hydrogens is 414 g/mol. The van der Waals surface area contributed by atoms with Crippen molar-refractivity contribution >= 4 is 21.8 Å². The number of rotatable bonds is 6. The normalized spacial score (nSPS) is 11.7. The van der Waals surface area contributed by atoms with Crippen molar-refractivity contribution in [2.24, 2.45) is 0 Å². The molecule has 9 heteroatoms. The van der Waals surface area contributed by atoms with Crippen LogP contribution in [0.1, 0.15) is 29.1 Å². The number of carbonyl (C=O) groups excluding carboxylic acids is 1. The molecule has 0 aliphatic rings. The fraction of sp³-hybridized carbons (Fsp3) is 0.222. The van der Waals surface area contributed by atoms with E-state index >= 15 is 0 Å². The number of hydrogen-bond donors (Lipinski definition) is 1. The minimum Gasteiger partial charge on any atom is -0.496 e. The Labute approximate surface area is 164 Å². The first kappa shape index (κ1) is 18.8. The van der Waals surface area contributed by atoms with Gasteiger partial charge in [-0.15, -0.1) is 5.10 Å². The van der Waals surface area contributed by atoms with E-state index in [0.717, 1.165) is 10.2 Å². The Morgan fingerprint density at radius 2 is 1.81 bits per heavy atom. The van der Waals surface area contributed by atoms with Gasteiger partial charge >= 0.3 is 0 Å². The van der Waals surface area contributed by atoms with Crippen LogP contribution in [0.2, 0.25) is 0 Å². The van der Waals surface area contributed by atoms with Crippen molar-refractivity contribution in [3.63, 3.8) is 0 Å². The van der Waals surface area contributed by atoms with Crippen molar-refractivity contribution in [3.05, 3.63) is 58.3 Å². The number of ether oxygens (including phenoxy) is 2. The Hall–Kier alpha value is -2.94. The molecule has 0 aliphatic carbocycles. The van der Waals surface area contributed by atoms with Crippen molar-refractivity contribution in [2.45, 2.75) is 13.0 Å². The van der Waals surface area contributed by atoms with E-state index in [1.165, 1.54) is 14.2 Å². The lowest BCUT2D eigenvalue weighted by atomic mass is 10.1. The maximum absolute atomic E-state index is 12.9. The van der Waals surface area contributed by atoms with Crippen LogP contribution in [0.15, 0.2) is 46.9 Å². The summed E-state index contributed by atoms with van der Waals surface area (Å²) in [5, 5.41) is 14.7. The zero-order valence-corrected chi connectivity index (χ0v) is 16.6. The highest BCUT2D eigenvalue weighted by atomic mass is 79.9. The number of tetrazole rings is 1. The third-order valence-electron chi connectivity index (χ3n) is 3.94. The van der Waals surface area contributed by atoms with Crippen LogP contribution in [0.4, 0.5) is 0 Å². The molecule has 3 rings (SSSR count). The largest absolute Gasteiger partial charge is 0.496 e. The summed E-state index contributed by atoms with van der Waals surface area (Å²) in [4.78, 5) is 12.9. The number of aromatic nitrogens is 4. The lowest BCUT2D eigenvalue weighted by molar-refractivity contribution is 0.0931. The predicted octanol–water partition coefficient (Wildman–Crippen LogP) is 2.93. The van der Waals surface area contributed by atoms with Crippen LogP contribution in [-0.4, -0.2) is 40.3 Å². The second-order valence-electron chi connectivity index (χ2n) is 5.66. The topological polar surface area (TPSA) is 91.2 Å². The summed E-state index contributed by atoms with van der Waals surface area (Å²) in [5.41, 5.74) is 1.09. The first-order valence-electron chi connectivity index (χ1n) is 8.11. The molecule has 0 saturated carbocycles. The summed E-state index contributed by atoms with van der Waals surface area (Å²) in [7, 11) is 3.01. The number of carbonyl (C=O) groups is 1. The lowest BCUT2D eigenvalue weighted by Gasteiger charge is -2.17. The number of nitrogens with one attached hydrogen (secondary N) is 1. The van der Waals surface area contributed by atoms with E-state index in [2.05, 4.69) is 36.8 Å². The minimum absolute atomic E-state index is 0.316. The molecule has 0 fully saturated rings. The van der Waals surface area contributed by atoms with Crippen LogP contribution in [0, 0.1) is 0 Å². The molecule has 1 heterocycles. The Bertz CT molecular complexity index is 937.